The predicted octanol–water partition coefficient (Wildman–Crippen LogP) is 3.64. The number of aliphatic carboxylic acids is 1. The quantitative estimate of drug-likeness (QED) is 0.732. The number of halogens is 4. The summed E-state index contributed by atoms with van der Waals surface area (Å²) in [7, 11) is -3.22. The van der Waals surface area contributed by atoms with Crippen LogP contribution in [0, 0.1) is 0 Å². The van der Waals surface area contributed by atoms with E-state index in [2.05, 4.69) is 0 Å². The third kappa shape index (κ3) is 6.81. The summed E-state index contributed by atoms with van der Waals surface area (Å²) in [5.74, 6) is -2.61. The highest BCUT2D eigenvalue weighted by Crippen LogP contribution is 2.23. The number of hydrogen-bond donors (Lipinski definition) is 2. The maximum Gasteiger partial charge on any atom is 0.490 e. The Labute approximate surface area is 153 Å². The van der Waals surface area contributed by atoms with Gasteiger partial charge in [-0.3, -0.25) is 0 Å². The van der Waals surface area contributed by atoms with Gasteiger partial charge in [0.1, 0.15) is 0 Å². The van der Waals surface area contributed by atoms with Crippen LogP contribution in [0.1, 0.15) is 12.8 Å². The zero-order valence-corrected chi connectivity index (χ0v) is 15.0. The van der Waals surface area contributed by atoms with Crippen LogP contribution in [-0.2, 0) is 14.6 Å². The standard InChI is InChI=1S/C14H16ClNO2S.C2HF3O2/c15-13-5-3-12-10-14(6-4-11(12)9-13)19(17,18)8-2-1-7-16;3-2(4,5)1(6)7/h3-6,9-10H,1-2,7-8,16H2;(H,6,7). The Morgan fingerprint density at radius 2 is 1.62 bits per heavy atom. The zero-order chi connectivity index (χ0) is 20.0. The minimum absolute atomic E-state index is 0.142. The van der Waals surface area contributed by atoms with Gasteiger partial charge in [-0.1, -0.05) is 23.7 Å². The van der Waals surface area contributed by atoms with Crippen LogP contribution < -0.4 is 5.73 Å². The van der Waals surface area contributed by atoms with Gasteiger partial charge in [-0.15, -0.1) is 0 Å². The van der Waals surface area contributed by atoms with E-state index in [4.69, 9.17) is 27.2 Å². The molecule has 0 heterocycles. The van der Waals surface area contributed by atoms with E-state index in [9.17, 15) is 21.6 Å². The molecule has 0 saturated carbocycles. The minimum atomic E-state index is -5.08. The summed E-state index contributed by atoms with van der Waals surface area (Å²) >= 11 is 5.90. The molecule has 2 aromatic carbocycles. The molecule has 0 fully saturated rings. The Hall–Kier alpha value is -1.84. The van der Waals surface area contributed by atoms with Crippen molar-refractivity contribution in [3.63, 3.8) is 0 Å². The first-order valence-electron chi connectivity index (χ1n) is 7.39. The lowest BCUT2D eigenvalue weighted by Gasteiger charge is -2.06. The van der Waals surface area contributed by atoms with Crippen molar-refractivity contribution in [2.24, 2.45) is 5.73 Å². The fraction of sp³-hybridized carbons (Fsp3) is 0.312. The van der Waals surface area contributed by atoms with E-state index >= 15 is 0 Å². The van der Waals surface area contributed by atoms with Crippen LogP contribution in [-0.4, -0.2) is 38.0 Å². The van der Waals surface area contributed by atoms with Crippen molar-refractivity contribution in [2.75, 3.05) is 12.3 Å². The van der Waals surface area contributed by atoms with Crippen molar-refractivity contribution < 1.29 is 31.5 Å². The average Bonchev–Trinajstić information content (AvgIpc) is 2.54. The van der Waals surface area contributed by atoms with Crippen LogP contribution in [0.25, 0.3) is 10.8 Å². The normalized spacial score (nSPS) is 11.7. The summed E-state index contributed by atoms with van der Waals surface area (Å²) in [6.45, 7) is 0.520. The van der Waals surface area contributed by atoms with Gasteiger partial charge < -0.3 is 10.8 Å². The summed E-state index contributed by atoms with van der Waals surface area (Å²) in [6.07, 6.45) is -3.76. The molecule has 5 nitrogen and oxygen atoms in total. The zero-order valence-electron chi connectivity index (χ0n) is 13.5. The van der Waals surface area contributed by atoms with E-state index in [1.807, 2.05) is 12.1 Å². The number of fused-ring (bicyclic) bond motifs is 1. The van der Waals surface area contributed by atoms with Crippen molar-refractivity contribution >= 4 is 38.2 Å². The number of rotatable bonds is 5. The molecular weight excluding hydrogens is 395 g/mol. The molecule has 144 valence electrons. The van der Waals surface area contributed by atoms with Gasteiger partial charge in [0.25, 0.3) is 0 Å². The second-order valence-electron chi connectivity index (χ2n) is 5.27. The highest BCUT2D eigenvalue weighted by Gasteiger charge is 2.38. The smallest absolute Gasteiger partial charge is 0.475 e. The molecule has 0 aromatic heterocycles. The average molecular weight is 412 g/mol. The Balaban J connectivity index is 0.000000412. The fourth-order valence-corrected chi connectivity index (χ4v) is 3.52. The number of carbonyl (C=O) groups is 1. The van der Waals surface area contributed by atoms with Crippen molar-refractivity contribution in [3.8, 4) is 0 Å². The molecule has 0 saturated heterocycles. The van der Waals surface area contributed by atoms with Gasteiger partial charge in [0.05, 0.1) is 10.6 Å². The first kappa shape index (κ1) is 22.2. The van der Waals surface area contributed by atoms with Crippen molar-refractivity contribution in [2.45, 2.75) is 23.9 Å². The second-order valence-corrected chi connectivity index (χ2v) is 7.82. The first-order chi connectivity index (χ1) is 12.0. The lowest BCUT2D eigenvalue weighted by molar-refractivity contribution is -0.192. The monoisotopic (exact) mass is 411 g/mol. The van der Waals surface area contributed by atoms with Crippen molar-refractivity contribution in [1.82, 2.24) is 0 Å². The number of hydrogen-bond acceptors (Lipinski definition) is 4. The largest absolute Gasteiger partial charge is 0.490 e. The highest BCUT2D eigenvalue weighted by molar-refractivity contribution is 7.91. The third-order valence-corrected chi connectivity index (χ3v) is 5.28. The van der Waals surface area contributed by atoms with E-state index in [1.165, 1.54) is 0 Å². The molecule has 0 aliphatic heterocycles. The summed E-state index contributed by atoms with van der Waals surface area (Å²) < 4.78 is 56.0. The summed E-state index contributed by atoms with van der Waals surface area (Å²) in [5.41, 5.74) is 5.38. The summed E-state index contributed by atoms with van der Waals surface area (Å²) in [6, 6.07) is 10.5. The molecule has 0 unspecified atom stereocenters. The van der Waals surface area contributed by atoms with Crippen LogP contribution in [0.3, 0.4) is 0 Å². The van der Waals surface area contributed by atoms with Gasteiger partial charge in [0.15, 0.2) is 9.84 Å². The highest BCUT2D eigenvalue weighted by atomic mass is 35.5. The molecule has 0 bridgehead atoms. The summed E-state index contributed by atoms with van der Waals surface area (Å²) in [5, 5.41) is 9.59. The number of nitrogens with two attached hydrogens (primary N) is 1. The lowest BCUT2D eigenvalue weighted by atomic mass is 10.1. The number of sulfone groups is 1. The molecule has 2 aromatic rings. The Bertz CT molecular complexity index is 869. The fourth-order valence-electron chi connectivity index (χ4n) is 1.94. The van der Waals surface area contributed by atoms with E-state index < -0.39 is 22.0 Å². The van der Waals surface area contributed by atoms with Crippen LogP contribution in [0.15, 0.2) is 41.3 Å². The van der Waals surface area contributed by atoms with Gasteiger partial charge in [-0.25, -0.2) is 13.2 Å². The molecule has 0 spiro atoms. The van der Waals surface area contributed by atoms with Gasteiger partial charge in [-0.2, -0.15) is 13.2 Å². The number of carboxylic acids is 1. The second kappa shape index (κ2) is 9.20. The third-order valence-electron chi connectivity index (χ3n) is 3.24. The Morgan fingerprint density at radius 3 is 2.15 bits per heavy atom. The molecule has 0 aliphatic carbocycles. The Morgan fingerprint density at radius 1 is 1.08 bits per heavy atom. The molecule has 2 rings (SSSR count). The summed E-state index contributed by atoms with van der Waals surface area (Å²) in [4.78, 5) is 9.26. The van der Waals surface area contributed by atoms with E-state index in [0.29, 0.717) is 22.9 Å². The lowest BCUT2D eigenvalue weighted by Crippen LogP contribution is -2.21. The SMILES string of the molecule is NCCCCS(=O)(=O)c1ccc2cc(Cl)ccc2c1.O=C(O)C(F)(F)F. The molecular formula is C16H17ClF3NO4S. The van der Waals surface area contributed by atoms with Crippen LogP contribution >= 0.6 is 11.6 Å². The maximum absolute atomic E-state index is 12.2. The van der Waals surface area contributed by atoms with Crippen LogP contribution in [0.2, 0.25) is 5.02 Å². The van der Waals surface area contributed by atoms with Crippen LogP contribution in [0.5, 0.6) is 0 Å². The van der Waals surface area contributed by atoms with Crippen molar-refractivity contribution in [1.29, 1.82) is 0 Å². The Kier molecular flexibility index (Phi) is 7.86. The molecule has 0 amide bonds. The van der Waals surface area contributed by atoms with Gasteiger partial charge in [0.2, 0.25) is 0 Å². The molecule has 0 aliphatic rings. The molecule has 0 atom stereocenters. The maximum atomic E-state index is 12.2. The minimum Gasteiger partial charge on any atom is -0.475 e. The number of alkyl halides is 3. The number of carboxylic acid groups (broad SMARTS) is 1. The van der Waals surface area contributed by atoms with E-state index in [1.54, 1.807) is 24.3 Å². The molecule has 0 radical (unpaired) electrons. The predicted molar refractivity (Wildman–Crippen MR) is 93.0 cm³/mol. The number of unbranched alkanes of at least 4 members (excludes halogenated alkanes) is 1. The van der Waals surface area contributed by atoms with Gasteiger partial charge >= 0.3 is 12.1 Å². The molecule has 3 N–H and O–H groups in total. The van der Waals surface area contributed by atoms with E-state index in [-0.39, 0.29) is 5.75 Å². The van der Waals surface area contributed by atoms with E-state index in [0.717, 1.165) is 17.2 Å². The first-order valence-corrected chi connectivity index (χ1v) is 9.42. The van der Waals surface area contributed by atoms with Crippen molar-refractivity contribution in [3.05, 3.63) is 41.4 Å². The topological polar surface area (TPSA) is 97.5 Å². The number of benzene rings is 2. The molecule has 10 heteroatoms. The molecule has 26 heavy (non-hydrogen) atoms. The van der Waals surface area contributed by atoms with Gasteiger partial charge in [0, 0.05) is 5.02 Å². The van der Waals surface area contributed by atoms with Crippen LogP contribution in [0.4, 0.5) is 13.2 Å². The van der Waals surface area contributed by atoms with Gasteiger partial charge in [-0.05, 0) is 54.4 Å².